The number of fused-ring (bicyclic) bond motifs is 1. The van der Waals surface area contributed by atoms with Crippen molar-refractivity contribution in [3.8, 4) is 22.9 Å². The van der Waals surface area contributed by atoms with Gasteiger partial charge in [-0.05, 0) is 69.5 Å². The van der Waals surface area contributed by atoms with Gasteiger partial charge >= 0.3 is 0 Å². The molecule has 6 heteroatoms. The molecule has 3 heterocycles. The van der Waals surface area contributed by atoms with E-state index in [0.717, 1.165) is 43.4 Å². The third-order valence-corrected chi connectivity index (χ3v) is 5.97. The highest BCUT2D eigenvalue weighted by atomic mass is 16.5. The highest BCUT2D eigenvalue weighted by molar-refractivity contribution is 5.73. The van der Waals surface area contributed by atoms with Crippen molar-refractivity contribution in [2.24, 2.45) is 0 Å². The van der Waals surface area contributed by atoms with Gasteiger partial charge in [0.15, 0.2) is 0 Å². The molecule has 166 valence electrons. The minimum Gasteiger partial charge on any atom is -0.507 e. The van der Waals surface area contributed by atoms with E-state index < -0.39 is 0 Å². The van der Waals surface area contributed by atoms with Crippen LogP contribution in [-0.2, 0) is 6.54 Å². The Bertz CT molecular complexity index is 964. The summed E-state index contributed by atoms with van der Waals surface area (Å²) in [4.78, 5) is 0. The molecule has 0 spiro atoms. The number of phenols is 1. The van der Waals surface area contributed by atoms with Gasteiger partial charge in [0, 0.05) is 47.8 Å². The Morgan fingerprint density at radius 2 is 1.84 bits per heavy atom. The van der Waals surface area contributed by atoms with Gasteiger partial charge < -0.3 is 20.5 Å². The number of piperidine rings is 1. The highest BCUT2D eigenvalue weighted by Crippen LogP contribution is 2.34. The van der Waals surface area contributed by atoms with Crippen LogP contribution in [0.2, 0.25) is 0 Å². The number of aromatic nitrogens is 2. The SMILES string of the molecule is CCCC1=Cc2cc(O)c(-c3ccc(OC4CC(C)(C)NC(C)(C)C4)nn3)cc2CN1. The summed E-state index contributed by atoms with van der Waals surface area (Å²) >= 11 is 0. The zero-order chi connectivity index (χ0) is 22.2. The van der Waals surface area contributed by atoms with Crippen LogP contribution in [-0.4, -0.2) is 32.5 Å². The molecule has 0 radical (unpaired) electrons. The minimum absolute atomic E-state index is 0.00812. The van der Waals surface area contributed by atoms with Crippen molar-refractivity contribution in [3.63, 3.8) is 0 Å². The smallest absolute Gasteiger partial charge is 0.233 e. The van der Waals surface area contributed by atoms with Gasteiger partial charge in [0.05, 0.1) is 5.69 Å². The Morgan fingerprint density at radius 3 is 2.48 bits per heavy atom. The first kappa shape index (κ1) is 21.6. The maximum absolute atomic E-state index is 10.6. The molecule has 1 aromatic heterocycles. The number of phenolic OH excluding ortho intramolecular Hbond substituents is 1. The number of ether oxygens (including phenoxy) is 1. The summed E-state index contributed by atoms with van der Waals surface area (Å²) in [6.45, 7) is 11.7. The molecule has 1 aromatic carbocycles. The predicted molar refractivity (Wildman–Crippen MR) is 124 cm³/mol. The van der Waals surface area contributed by atoms with E-state index in [-0.39, 0.29) is 22.9 Å². The van der Waals surface area contributed by atoms with E-state index in [4.69, 9.17) is 4.74 Å². The fourth-order valence-electron chi connectivity index (χ4n) is 5.03. The van der Waals surface area contributed by atoms with Crippen LogP contribution in [0.4, 0.5) is 0 Å². The number of hydrogen-bond acceptors (Lipinski definition) is 6. The number of hydrogen-bond donors (Lipinski definition) is 3. The molecule has 4 rings (SSSR count). The number of nitrogens with zero attached hydrogens (tertiary/aromatic N) is 2. The molecule has 1 fully saturated rings. The summed E-state index contributed by atoms with van der Waals surface area (Å²) in [7, 11) is 0. The van der Waals surface area contributed by atoms with E-state index in [1.54, 1.807) is 0 Å². The third-order valence-electron chi connectivity index (χ3n) is 5.97. The van der Waals surface area contributed by atoms with Gasteiger partial charge in [-0.2, -0.15) is 0 Å². The molecule has 2 aliphatic rings. The lowest BCUT2D eigenvalue weighted by molar-refractivity contribution is 0.0524. The zero-order valence-electron chi connectivity index (χ0n) is 19.2. The summed E-state index contributed by atoms with van der Waals surface area (Å²) in [5.74, 6) is 0.742. The maximum Gasteiger partial charge on any atom is 0.233 e. The number of nitrogens with one attached hydrogen (secondary N) is 2. The average Bonchev–Trinajstić information content (AvgIpc) is 2.66. The summed E-state index contributed by atoms with van der Waals surface area (Å²) in [5, 5.41) is 26.4. The zero-order valence-corrected chi connectivity index (χ0v) is 19.2. The van der Waals surface area contributed by atoms with Crippen molar-refractivity contribution in [1.82, 2.24) is 20.8 Å². The normalized spacial score (nSPS) is 19.8. The van der Waals surface area contributed by atoms with Crippen LogP contribution in [0.1, 0.15) is 71.4 Å². The number of rotatable bonds is 5. The lowest BCUT2D eigenvalue weighted by Gasteiger charge is -2.46. The monoisotopic (exact) mass is 422 g/mol. The Hall–Kier alpha value is -2.60. The van der Waals surface area contributed by atoms with Gasteiger partial charge in [0.2, 0.25) is 5.88 Å². The Kier molecular flexibility index (Phi) is 5.69. The molecular weight excluding hydrogens is 388 g/mol. The largest absolute Gasteiger partial charge is 0.507 e. The van der Waals surface area contributed by atoms with Gasteiger partial charge in [0.1, 0.15) is 11.9 Å². The second-order valence-electron chi connectivity index (χ2n) is 10.1. The molecule has 0 aliphatic carbocycles. The van der Waals surface area contributed by atoms with Crippen LogP contribution in [0.25, 0.3) is 17.3 Å². The van der Waals surface area contributed by atoms with Gasteiger partial charge in [-0.1, -0.05) is 13.3 Å². The minimum atomic E-state index is 0.00812. The van der Waals surface area contributed by atoms with Gasteiger partial charge in [-0.3, -0.25) is 0 Å². The van der Waals surface area contributed by atoms with Gasteiger partial charge in [-0.25, -0.2) is 0 Å². The lowest BCUT2D eigenvalue weighted by atomic mass is 9.81. The van der Waals surface area contributed by atoms with Crippen LogP contribution >= 0.6 is 0 Å². The summed E-state index contributed by atoms with van der Waals surface area (Å²) < 4.78 is 6.18. The van der Waals surface area contributed by atoms with Crippen LogP contribution in [0, 0.1) is 0 Å². The van der Waals surface area contributed by atoms with Crippen LogP contribution in [0.5, 0.6) is 11.6 Å². The summed E-state index contributed by atoms with van der Waals surface area (Å²) in [6.07, 6.45) is 6.13. The second-order valence-corrected chi connectivity index (χ2v) is 10.1. The molecule has 2 aliphatic heterocycles. The van der Waals surface area contributed by atoms with Crippen LogP contribution < -0.4 is 15.4 Å². The number of benzene rings is 1. The molecule has 0 atom stereocenters. The quantitative estimate of drug-likeness (QED) is 0.643. The van der Waals surface area contributed by atoms with Crippen LogP contribution in [0.15, 0.2) is 30.0 Å². The highest BCUT2D eigenvalue weighted by Gasteiger charge is 2.38. The standard InChI is InChI=1S/C25H34N4O2/c1-6-7-18-10-16-12-22(30)20(11-17(16)15-26-18)21-8-9-23(28-27-21)31-19-13-24(2,3)29-25(4,5)14-19/h8-12,19,26,29-30H,6-7,13-15H2,1-5H3. The van der Waals surface area contributed by atoms with Gasteiger partial charge in [0.25, 0.3) is 0 Å². The fourth-order valence-corrected chi connectivity index (χ4v) is 5.03. The molecule has 0 bridgehead atoms. The van der Waals surface area contributed by atoms with E-state index in [1.807, 2.05) is 24.3 Å². The third kappa shape index (κ3) is 5.01. The Morgan fingerprint density at radius 1 is 1.10 bits per heavy atom. The van der Waals surface area contributed by atoms with E-state index in [0.29, 0.717) is 17.1 Å². The van der Waals surface area contributed by atoms with Crippen molar-refractivity contribution >= 4 is 6.08 Å². The van der Waals surface area contributed by atoms with Gasteiger partial charge in [-0.15, -0.1) is 10.2 Å². The van der Waals surface area contributed by atoms with Crippen molar-refractivity contribution in [1.29, 1.82) is 0 Å². The Balaban J connectivity index is 1.51. The van der Waals surface area contributed by atoms with Crippen LogP contribution in [0.3, 0.4) is 0 Å². The van der Waals surface area contributed by atoms with E-state index >= 15 is 0 Å². The first-order valence-electron chi connectivity index (χ1n) is 11.2. The topological polar surface area (TPSA) is 79.3 Å². The molecular formula is C25H34N4O2. The lowest BCUT2D eigenvalue weighted by Crippen LogP contribution is -2.60. The maximum atomic E-state index is 10.6. The molecule has 6 nitrogen and oxygen atoms in total. The molecule has 2 aromatic rings. The van der Waals surface area contributed by atoms with Crippen molar-refractivity contribution in [3.05, 3.63) is 41.1 Å². The summed E-state index contributed by atoms with van der Waals surface area (Å²) in [5.41, 5.74) is 4.77. The van der Waals surface area contributed by atoms with Crippen molar-refractivity contribution in [2.75, 3.05) is 0 Å². The molecule has 1 saturated heterocycles. The number of aromatic hydroxyl groups is 1. The van der Waals surface area contributed by atoms with E-state index in [2.05, 4.69) is 61.5 Å². The molecule has 0 saturated carbocycles. The summed E-state index contributed by atoms with van der Waals surface area (Å²) in [6, 6.07) is 7.54. The second kappa shape index (κ2) is 8.15. The molecule has 31 heavy (non-hydrogen) atoms. The molecule has 0 amide bonds. The first-order chi connectivity index (χ1) is 14.6. The predicted octanol–water partition coefficient (Wildman–Crippen LogP) is 4.78. The fraction of sp³-hybridized carbons (Fsp3) is 0.520. The number of allylic oxidation sites excluding steroid dienone is 1. The van der Waals surface area contributed by atoms with E-state index in [9.17, 15) is 5.11 Å². The Labute approximate surface area is 185 Å². The first-order valence-corrected chi connectivity index (χ1v) is 11.2. The average molecular weight is 423 g/mol. The van der Waals surface area contributed by atoms with E-state index in [1.165, 1.54) is 5.70 Å². The molecule has 3 N–H and O–H groups in total. The molecule has 0 unspecified atom stereocenters. The van der Waals surface area contributed by atoms with Crippen molar-refractivity contribution < 1.29 is 9.84 Å². The van der Waals surface area contributed by atoms with Crippen molar-refractivity contribution in [2.45, 2.75) is 84.0 Å².